The van der Waals surface area contributed by atoms with E-state index in [1.54, 1.807) is 15.3 Å². The van der Waals surface area contributed by atoms with E-state index in [2.05, 4.69) is 30.9 Å². The lowest BCUT2D eigenvalue weighted by Crippen LogP contribution is -2.34. The first-order valence-corrected chi connectivity index (χ1v) is 6.10. The Labute approximate surface area is 106 Å². The molecule has 0 aliphatic heterocycles. The quantitative estimate of drug-likeness (QED) is 0.716. The van der Waals surface area contributed by atoms with Crippen molar-refractivity contribution in [3.63, 3.8) is 0 Å². The van der Waals surface area contributed by atoms with Crippen molar-refractivity contribution in [3.8, 4) is 0 Å². The largest absolute Gasteiger partial charge is 0.272 e. The maximum Gasteiger partial charge on any atom is 0.255 e. The second-order valence-corrected chi connectivity index (χ2v) is 6.59. The fraction of sp³-hybridized carbons (Fsp3) is 0.615. The Morgan fingerprint density at radius 2 is 1.72 bits per heavy atom. The third-order valence-corrected chi connectivity index (χ3v) is 2.73. The molecule has 0 saturated carbocycles. The maximum atomic E-state index is 12.0. The average Bonchev–Trinajstić information content (AvgIpc) is 2.57. The van der Waals surface area contributed by atoms with Crippen LogP contribution in [0.15, 0.2) is 17.1 Å². The molecule has 98 valence electrons. The highest BCUT2D eigenvalue weighted by molar-refractivity contribution is 5.31. The summed E-state index contributed by atoms with van der Waals surface area (Å²) in [5.74, 6) is 1.34. The molecule has 0 amide bonds. The van der Waals surface area contributed by atoms with Crippen molar-refractivity contribution < 1.29 is 0 Å². The topological polar surface area (TPSA) is 52.2 Å². The van der Waals surface area contributed by atoms with Crippen LogP contribution in [0.3, 0.4) is 0 Å². The third-order valence-electron chi connectivity index (χ3n) is 2.73. The van der Waals surface area contributed by atoms with Gasteiger partial charge in [0.05, 0.1) is 0 Å². The van der Waals surface area contributed by atoms with Crippen molar-refractivity contribution in [3.05, 3.63) is 28.4 Å². The van der Waals surface area contributed by atoms with E-state index in [9.17, 15) is 4.79 Å². The van der Waals surface area contributed by atoms with E-state index < -0.39 is 0 Å². The van der Waals surface area contributed by atoms with Gasteiger partial charge in [-0.1, -0.05) is 20.8 Å². The van der Waals surface area contributed by atoms with Gasteiger partial charge in [-0.15, -0.1) is 5.10 Å². The molecule has 0 spiro atoms. The molecular formula is C13H20N4O. The van der Waals surface area contributed by atoms with E-state index in [0.717, 1.165) is 5.82 Å². The molecule has 18 heavy (non-hydrogen) atoms. The van der Waals surface area contributed by atoms with E-state index in [0.29, 0.717) is 5.78 Å². The molecule has 0 N–H and O–H groups in total. The summed E-state index contributed by atoms with van der Waals surface area (Å²) in [6, 6.07) is 1.53. The molecule has 0 saturated heterocycles. The van der Waals surface area contributed by atoms with Crippen molar-refractivity contribution in [2.24, 2.45) is 0 Å². The summed E-state index contributed by atoms with van der Waals surface area (Å²) in [6.45, 7) is 12.1. The van der Waals surface area contributed by atoms with Crippen molar-refractivity contribution in [1.82, 2.24) is 19.2 Å². The van der Waals surface area contributed by atoms with Gasteiger partial charge in [0.25, 0.3) is 5.56 Å². The van der Waals surface area contributed by atoms with Crippen LogP contribution in [0, 0.1) is 0 Å². The van der Waals surface area contributed by atoms with E-state index in [1.807, 2.05) is 20.8 Å². The Morgan fingerprint density at radius 1 is 1.11 bits per heavy atom. The molecular weight excluding hydrogens is 228 g/mol. The summed E-state index contributed by atoms with van der Waals surface area (Å²) in [7, 11) is 0. The molecule has 0 radical (unpaired) electrons. The smallest absolute Gasteiger partial charge is 0.255 e. The standard InChI is InChI=1S/C13H20N4O/c1-12(2,3)10-14-11-16(15-10)8-7-9(18)17(11)13(4,5)6/h7-8H,1-6H3. The molecule has 2 heterocycles. The summed E-state index contributed by atoms with van der Waals surface area (Å²) in [5, 5.41) is 4.45. The van der Waals surface area contributed by atoms with Gasteiger partial charge in [0.2, 0.25) is 5.78 Å². The number of hydrogen-bond donors (Lipinski definition) is 0. The minimum Gasteiger partial charge on any atom is -0.272 e. The summed E-state index contributed by atoms with van der Waals surface area (Å²) >= 11 is 0. The van der Waals surface area contributed by atoms with Gasteiger partial charge in [-0.25, -0.2) is 4.52 Å². The third kappa shape index (κ3) is 2.05. The molecule has 0 fully saturated rings. The summed E-state index contributed by atoms with van der Waals surface area (Å²) < 4.78 is 3.35. The van der Waals surface area contributed by atoms with Crippen LogP contribution in [-0.2, 0) is 11.0 Å². The van der Waals surface area contributed by atoms with E-state index >= 15 is 0 Å². The van der Waals surface area contributed by atoms with Gasteiger partial charge < -0.3 is 0 Å². The summed E-state index contributed by atoms with van der Waals surface area (Å²) in [6.07, 6.45) is 1.67. The lowest BCUT2D eigenvalue weighted by Gasteiger charge is -2.22. The van der Waals surface area contributed by atoms with Crippen molar-refractivity contribution >= 4 is 5.78 Å². The Kier molecular flexibility index (Phi) is 2.61. The maximum absolute atomic E-state index is 12.0. The zero-order chi connectivity index (χ0) is 13.7. The van der Waals surface area contributed by atoms with Crippen LogP contribution in [0.2, 0.25) is 0 Å². The predicted molar refractivity (Wildman–Crippen MR) is 70.9 cm³/mol. The first-order chi connectivity index (χ1) is 8.10. The molecule has 0 atom stereocenters. The monoisotopic (exact) mass is 248 g/mol. The van der Waals surface area contributed by atoms with Gasteiger partial charge in [-0.2, -0.15) is 4.98 Å². The van der Waals surface area contributed by atoms with Crippen molar-refractivity contribution in [2.45, 2.75) is 52.5 Å². The minimum atomic E-state index is -0.318. The highest BCUT2D eigenvalue weighted by atomic mass is 16.1. The van der Waals surface area contributed by atoms with Crippen LogP contribution < -0.4 is 5.56 Å². The SMILES string of the molecule is CC(C)(C)c1nc2n(C(C)(C)C)c(=O)ccn2n1. The Hall–Kier alpha value is -1.65. The molecule has 5 nitrogen and oxygen atoms in total. The molecule has 0 unspecified atom stereocenters. The fourth-order valence-corrected chi connectivity index (χ4v) is 1.82. The molecule has 5 heteroatoms. The van der Waals surface area contributed by atoms with Crippen molar-refractivity contribution in [1.29, 1.82) is 0 Å². The number of aromatic nitrogens is 4. The van der Waals surface area contributed by atoms with E-state index in [1.165, 1.54) is 6.07 Å². The van der Waals surface area contributed by atoms with Gasteiger partial charge in [0.1, 0.15) is 0 Å². The lowest BCUT2D eigenvalue weighted by atomic mass is 9.96. The van der Waals surface area contributed by atoms with Crippen LogP contribution in [-0.4, -0.2) is 19.2 Å². The Balaban J connectivity index is 2.82. The molecule has 0 aromatic carbocycles. The Morgan fingerprint density at radius 3 is 2.22 bits per heavy atom. The fourth-order valence-electron chi connectivity index (χ4n) is 1.82. The van der Waals surface area contributed by atoms with Crippen LogP contribution in [0.1, 0.15) is 47.4 Å². The van der Waals surface area contributed by atoms with Gasteiger partial charge >= 0.3 is 0 Å². The molecule has 2 aromatic heterocycles. The first-order valence-electron chi connectivity index (χ1n) is 6.10. The van der Waals surface area contributed by atoms with Crippen molar-refractivity contribution in [2.75, 3.05) is 0 Å². The first kappa shape index (κ1) is 12.8. The highest BCUT2D eigenvalue weighted by Gasteiger charge is 2.24. The normalized spacial score (nSPS) is 13.2. The van der Waals surface area contributed by atoms with Crippen LogP contribution in [0.5, 0.6) is 0 Å². The average molecular weight is 248 g/mol. The van der Waals surface area contributed by atoms with E-state index in [4.69, 9.17) is 0 Å². The highest BCUT2D eigenvalue weighted by Crippen LogP contribution is 2.20. The number of fused-ring (bicyclic) bond motifs is 1. The van der Waals surface area contributed by atoms with Crippen LogP contribution >= 0.6 is 0 Å². The van der Waals surface area contributed by atoms with Gasteiger partial charge in [0, 0.05) is 23.2 Å². The second kappa shape index (κ2) is 3.67. The Bertz CT molecular complexity index is 638. The number of hydrogen-bond acceptors (Lipinski definition) is 3. The van der Waals surface area contributed by atoms with Crippen LogP contribution in [0.4, 0.5) is 0 Å². The van der Waals surface area contributed by atoms with Gasteiger partial charge in [-0.3, -0.25) is 9.36 Å². The zero-order valence-electron chi connectivity index (χ0n) is 11.9. The molecule has 0 bridgehead atoms. The molecule has 0 aliphatic carbocycles. The number of nitrogens with zero attached hydrogens (tertiary/aromatic N) is 4. The van der Waals surface area contributed by atoms with Gasteiger partial charge in [-0.05, 0) is 20.8 Å². The summed E-state index contributed by atoms with van der Waals surface area (Å²) in [4.78, 5) is 16.5. The van der Waals surface area contributed by atoms with Crippen LogP contribution in [0.25, 0.3) is 5.78 Å². The zero-order valence-corrected chi connectivity index (χ0v) is 11.9. The predicted octanol–water partition coefficient (Wildman–Crippen LogP) is 1.94. The number of rotatable bonds is 0. The lowest BCUT2D eigenvalue weighted by molar-refractivity contribution is 0.389. The molecule has 0 aliphatic rings. The molecule has 2 rings (SSSR count). The summed E-state index contributed by atoms with van der Waals surface area (Å²) in [5.41, 5.74) is -0.505. The van der Waals surface area contributed by atoms with E-state index in [-0.39, 0.29) is 16.5 Å². The minimum absolute atomic E-state index is 0.0529. The second-order valence-electron chi connectivity index (χ2n) is 6.59. The van der Waals surface area contributed by atoms with Gasteiger partial charge in [0.15, 0.2) is 5.82 Å². The molecule has 2 aromatic rings.